The standard InChI is InChI=1S/C25H35N11O/c1-16-20(11-17(12-27-16)23(37)26-8-10-36-9-7-25(36)5-4-6-25)31-21-19-14-28-24(32-22(19)35(3)33-21)30-18-13-29-34(2)15-18/h11-16,21,27,31,33H,4-10H2,1-3H3,(H,26,37)(H,28,30,32). The van der Waals surface area contributed by atoms with Crippen molar-refractivity contribution in [2.24, 2.45) is 7.05 Å². The lowest BCUT2D eigenvalue weighted by Gasteiger charge is -2.59. The number of carbonyl (C=O) groups is 1. The molecule has 5 N–H and O–H groups in total. The number of hydrogen-bond donors (Lipinski definition) is 5. The molecule has 12 heteroatoms. The fraction of sp³-hybridized carbons (Fsp3) is 0.520. The van der Waals surface area contributed by atoms with Crippen LogP contribution in [-0.4, -0.2) is 68.8 Å². The van der Waals surface area contributed by atoms with Gasteiger partial charge >= 0.3 is 0 Å². The van der Waals surface area contributed by atoms with E-state index in [-0.39, 0.29) is 18.1 Å². The van der Waals surface area contributed by atoms with Gasteiger partial charge in [0.05, 0.1) is 29.1 Å². The molecule has 2 fully saturated rings. The molecule has 2 atom stereocenters. The number of anilines is 3. The zero-order valence-electron chi connectivity index (χ0n) is 21.6. The van der Waals surface area contributed by atoms with E-state index in [0.717, 1.165) is 35.9 Å². The molecule has 12 nitrogen and oxygen atoms in total. The van der Waals surface area contributed by atoms with Gasteiger partial charge in [0, 0.05) is 63.6 Å². The average Bonchev–Trinajstić information content (AvgIpc) is 3.38. The zero-order chi connectivity index (χ0) is 25.6. The third-order valence-corrected chi connectivity index (χ3v) is 8.02. The molecule has 5 heterocycles. The molecular formula is C25H35N11O. The highest BCUT2D eigenvalue weighted by Crippen LogP contribution is 2.46. The van der Waals surface area contributed by atoms with Crippen molar-refractivity contribution < 1.29 is 4.79 Å². The van der Waals surface area contributed by atoms with Crippen molar-refractivity contribution in [2.75, 3.05) is 37.0 Å². The van der Waals surface area contributed by atoms with Gasteiger partial charge < -0.3 is 21.3 Å². The number of nitrogens with one attached hydrogen (secondary N) is 5. The first-order chi connectivity index (χ1) is 17.9. The van der Waals surface area contributed by atoms with E-state index in [0.29, 0.717) is 23.6 Å². The van der Waals surface area contributed by atoms with Crippen LogP contribution in [0.4, 0.5) is 17.5 Å². The highest BCUT2D eigenvalue weighted by molar-refractivity contribution is 5.96. The van der Waals surface area contributed by atoms with E-state index in [1.165, 1.54) is 25.7 Å². The number of amides is 1. The molecule has 3 aliphatic heterocycles. The minimum Gasteiger partial charge on any atom is -0.382 e. The van der Waals surface area contributed by atoms with Crippen molar-refractivity contribution in [3.05, 3.63) is 47.7 Å². The van der Waals surface area contributed by atoms with Crippen LogP contribution in [0.2, 0.25) is 0 Å². The third-order valence-electron chi connectivity index (χ3n) is 8.02. The van der Waals surface area contributed by atoms with Crippen LogP contribution < -0.4 is 31.7 Å². The van der Waals surface area contributed by atoms with Crippen molar-refractivity contribution in [1.29, 1.82) is 0 Å². The van der Waals surface area contributed by atoms with Gasteiger partial charge in [0.1, 0.15) is 6.17 Å². The molecule has 0 aromatic carbocycles. The summed E-state index contributed by atoms with van der Waals surface area (Å²) in [5.74, 6) is 1.21. The van der Waals surface area contributed by atoms with Crippen molar-refractivity contribution in [3.63, 3.8) is 0 Å². The lowest BCUT2D eigenvalue weighted by molar-refractivity contribution is -0.118. The maximum Gasteiger partial charge on any atom is 0.252 e. The van der Waals surface area contributed by atoms with Gasteiger partial charge in [-0.05, 0) is 38.7 Å². The number of dihydropyridines is 1. The summed E-state index contributed by atoms with van der Waals surface area (Å²) in [6.07, 6.45) is 14.2. The number of aryl methyl sites for hydroxylation is 1. The van der Waals surface area contributed by atoms with E-state index in [1.54, 1.807) is 17.1 Å². The molecule has 1 saturated heterocycles. The lowest BCUT2D eigenvalue weighted by Crippen LogP contribution is -2.64. The molecule has 2 aromatic rings. The summed E-state index contributed by atoms with van der Waals surface area (Å²) in [5.41, 5.74) is 7.12. The van der Waals surface area contributed by atoms with E-state index >= 15 is 0 Å². The van der Waals surface area contributed by atoms with Gasteiger partial charge in [0.2, 0.25) is 5.95 Å². The van der Waals surface area contributed by atoms with Crippen molar-refractivity contribution in [1.82, 2.24) is 46.0 Å². The minimum atomic E-state index is -0.226. The van der Waals surface area contributed by atoms with E-state index in [2.05, 4.69) is 53.6 Å². The zero-order valence-corrected chi connectivity index (χ0v) is 21.6. The molecule has 1 saturated carbocycles. The summed E-state index contributed by atoms with van der Waals surface area (Å²) in [6.45, 7) is 4.80. The van der Waals surface area contributed by atoms with Gasteiger partial charge in [-0.15, -0.1) is 0 Å². The van der Waals surface area contributed by atoms with Crippen LogP contribution in [0, 0.1) is 0 Å². The molecule has 2 unspecified atom stereocenters. The number of nitrogens with zero attached hydrogens (tertiary/aromatic N) is 6. The number of hydrazine groups is 1. The second kappa shape index (κ2) is 9.34. The van der Waals surface area contributed by atoms with Crippen LogP contribution in [0.1, 0.15) is 44.3 Å². The molecule has 37 heavy (non-hydrogen) atoms. The fourth-order valence-corrected chi connectivity index (χ4v) is 5.56. The molecule has 1 spiro atoms. The number of carbonyl (C=O) groups excluding carboxylic acids is 1. The van der Waals surface area contributed by atoms with Gasteiger partial charge in [-0.25, -0.2) is 10.4 Å². The second-order valence-electron chi connectivity index (χ2n) is 10.4. The van der Waals surface area contributed by atoms with E-state index < -0.39 is 0 Å². The minimum absolute atomic E-state index is 0.0275. The van der Waals surface area contributed by atoms with E-state index in [4.69, 9.17) is 0 Å². The molecule has 1 amide bonds. The summed E-state index contributed by atoms with van der Waals surface area (Å²) in [4.78, 5) is 24.6. The van der Waals surface area contributed by atoms with Gasteiger partial charge in [0.15, 0.2) is 5.82 Å². The predicted molar refractivity (Wildman–Crippen MR) is 140 cm³/mol. The summed E-state index contributed by atoms with van der Waals surface area (Å²) in [6, 6.07) is 0.0275. The number of likely N-dealkylation sites (tertiary alicyclic amines) is 1. The first kappa shape index (κ1) is 23.7. The number of fused-ring (bicyclic) bond motifs is 1. The molecular weight excluding hydrogens is 470 g/mol. The van der Waals surface area contributed by atoms with Gasteiger partial charge in [-0.3, -0.25) is 19.4 Å². The topological polar surface area (TPSA) is 127 Å². The van der Waals surface area contributed by atoms with Crippen molar-refractivity contribution in [2.45, 2.75) is 50.4 Å². The Labute approximate surface area is 216 Å². The summed E-state index contributed by atoms with van der Waals surface area (Å²) in [5, 5.41) is 19.2. The Morgan fingerprint density at radius 3 is 2.81 bits per heavy atom. The van der Waals surface area contributed by atoms with Crippen LogP contribution in [0.15, 0.2) is 42.1 Å². The SMILES string of the molecule is CC1NC=C(C(=O)NCCN2CCC23CCC3)C=C1NC1NN(C)c2nc(Nc3cnn(C)c3)ncc21. The Morgan fingerprint density at radius 1 is 1.24 bits per heavy atom. The Hall–Kier alpha value is -3.64. The Balaban J connectivity index is 1.08. The normalized spacial score (nSPS) is 23.8. The molecule has 2 aromatic heterocycles. The maximum atomic E-state index is 12.9. The smallest absolute Gasteiger partial charge is 0.252 e. The summed E-state index contributed by atoms with van der Waals surface area (Å²) < 4.78 is 1.72. The number of aromatic nitrogens is 4. The van der Waals surface area contributed by atoms with Crippen molar-refractivity contribution in [3.8, 4) is 0 Å². The van der Waals surface area contributed by atoms with Crippen molar-refractivity contribution >= 4 is 23.4 Å². The second-order valence-corrected chi connectivity index (χ2v) is 10.4. The highest BCUT2D eigenvalue weighted by atomic mass is 16.1. The summed E-state index contributed by atoms with van der Waals surface area (Å²) in [7, 11) is 3.78. The van der Waals surface area contributed by atoms with Crippen LogP contribution >= 0.6 is 0 Å². The molecule has 4 aliphatic rings. The third kappa shape index (κ3) is 4.51. The van der Waals surface area contributed by atoms with Gasteiger partial charge in [0.25, 0.3) is 5.91 Å². The van der Waals surface area contributed by atoms with Crippen LogP contribution in [-0.2, 0) is 11.8 Å². The average molecular weight is 506 g/mol. The molecule has 6 rings (SSSR count). The highest BCUT2D eigenvalue weighted by Gasteiger charge is 2.48. The quantitative estimate of drug-likeness (QED) is 0.355. The monoisotopic (exact) mass is 505 g/mol. The summed E-state index contributed by atoms with van der Waals surface area (Å²) >= 11 is 0. The van der Waals surface area contributed by atoms with Gasteiger partial charge in [-0.2, -0.15) is 10.1 Å². The Bertz CT molecular complexity index is 1240. The van der Waals surface area contributed by atoms with Crippen LogP contribution in [0.25, 0.3) is 0 Å². The predicted octanol–water partition coefficient (Wildman–Crippen LogP) is 1.00. The molecule has 1 aliphatic carbocycles. The fourth-order valence-electron chi connectivity index (χ4n) is 5.56. The van der Waals surface area contributed by atoms with Crippen LogP contribution in [0.5, 0.6) is 0 Å². The molecule has 196 valence electrons. The van der Waals surface area contributed by atoms with E-state index in [1.807, 2.05) is 37.6 Å². The Kier molecular flexibility index (Phi) is 6.00. The van der Waals surface area contributed by atoms with E-state index in [9.17, 15) is 4.79 Å². The first-order valence-corrected chi connectivity index (χ1v) is 13.0. The molecule has 0 radical (unpaired) electrons. The number of hydrogen-bond acceptors (Lipinski definition) is 10. The largest absolute Gasteiger partial charge is 0.382 e. The molecule has 0 bridgehead atoms. The Morgan fingerprint density at radius 2 is 2.11 bits per heavy atom. The first-order valence-electron chi connectivity index (χ1n) is 13.0. The van der Waals surface area contributed by atoms with Crippen LogP contribution in [0.3, 0.4) is 0 Å². The van der Waals surface area contributed by atoms with Gasteiger partial charge in [-0.1, -0.05) is 0 Å². The maximum absolute atomic E-state index is 12.9. The number of rotatable bonds is 8. The lowest BCUT2D eigenvalue weighted by atomic mass is 9.68.